The van der Waals surface area contributed by atoms with Crippen LogP contribution in [0.5, 0.6) is 0 Å². The highest BCUT2D eigenvalue weighted by Gasteiger charge is 2.08. The summed E-state index contributed by atoms with van der Waals surface area (Å²) in [6.07, 6.45) is 12.5. The largest absolute Gasteiger partial charge is 0.331 e. The maximum atomic E-state index is 11.1. The molecule has 0 saturated heterocycles. The smallest absolute Gasteiger partial charge is 0.267 e. The fourth-order valence-corrected chi connectivity index (χ4v) is 2.56. The number of aromatic nitrogens is 2. The van der Waals surface area contributed by atoms with Gasteiger partial charge in [-0.3, -0.25) is 10.0 Å². The number of imidazole rings is 1. The molecule has 0 unspecified atom stereocenters. The van der Waals surface area contributed by atoms with E-state index < -0.39 is 5.91 Å². The number of nitrogens with one attached hydrogen (secondary N) is 1. The Morgan fingerprint density at radius 3 is 2.88 bits per heavy atom. The Hall–Kier alpha value is -2.92. The van der Waals surface area contributed by atoms with Crippen LogP contribution in [0.1, 0.15) is 24.7 Å². The van der Waals surface area contributed by atoms with Gasteiger partial charge >= 0.3 is 0 Å². The third-order valence-corrected chi connectivity index (χ3v) is 3.99. The Morgan fingerprint density at radius 2 is 2.20 bits per heavy atom. The lowest BCUT2D eigenvalue weighted by molar-refractivity contribution is -0.124. The highest BCUT2D eigenvalue weighted by atomic mass is 16.5. The maximum Gasteiger partial charge on any atom is 0.267 e. The van der Waals surface area contributed by atoms with Gasteiger partial charge in [-0.2, -0.15) is 0 Å². The quantitative estimate of drug-likeness (QED) is 0.350. The Morgan fingerprint density at radius 1 is 1.40 bits per heavy atom. The molecule has 0 fully saturated rings. The maximum absolute atomic E-state index is 11.1. The number of fused-ring (bicyclic) bond motifs is 1. The van der Waals surface area contributed by atoms with E-state index in [1.165, 1.54) is 11.6 Å². The Labute approximate surface area is 147 Å². The third-order valence-electron chi connectivity index (χ3n) is 3.99. The van der Waals surface area contributed by atoms with Crippen molar-refractivity contribution in [2.24, 2.45) is 7.05 Å². The lowest BCUT2D eigenvalue weighted by Crippen LogP contribution is -2.14. The normalized spacial score (nSPS) is 12.4. The average molecular weight is 337 g/mol. The molecule has 1 amide bonds. The second-order valence-corrected chi connectivity index (χ2v) is 5.60. The molecule has 1 aromatic heterocycles. The second-order valence-electron chi connectivity index (χ2n) is 5.60. The van der Waals surface area contributed by atoms with Crippen molar-refractivity contribution < 1.29 is 10.0 Å². The van der Waals surface area contributed by atoms with E-state index in [9.17, 15) is 4.79 Å². The highest BCUT2D eigenvalue weighted by Crippen LogP contribution is 2.20. The standard InChI is InChI=1S/C20H23N3O2/c1-4-6-7-15(5-2)9-12-19-21-17-11-8-16(10-13-20(24)22-25)14-18(17)23(19)3/h4-8,10-11,13-14,25H,1,9,12H2,2-3H3,(H,22,24)/b7-6-,13-10+,15-5+. The van der Waals surface area contributed by atoms with E-state index in [-0.39, 0.29) is 0 Å². The minimum absolute atomic E-state index is 0.558. The molecule has 5 nitrogen and oxygen atoms in total. The average Bonchev–Trinajstić information content (AvgIpc) is 2.95. The van der Waals surface area contributed by atoms with E-state index in [0.717, 1.165) is 35.3 Å². The van der Waals surface area contributed by atoms with Gasteiger partial charge < -0.3 is 4.57 Å². The van der Waals surface area contributed by atoms with E-state index in [4.69, 9.17) is 10.2 Å². The molecule has 0 aliphatic rings. The number of hydroxylamine groups is 1. The molecule has 0 bridgehead atoms. The van der Waals surface area contributed by atoms with Gasteiger partial charge in [0.15, 0.2) is 0 Å². The molecule has 1 aromatic carbocycles. The van der Waals surface area contributed by atoms with E-state index in [1.807, 2.05) is 38.2 Å². The zero-order valence-electron chi connectivity index (χ0n) is 14.6. The summed E-state index contributed by atoms with van der Waals surface area (Å²) < 4.78 is 2.07. The summed E-state index contributed by atoms with van der Waals surface area (Å²) in [5, 5.41) is 8.53. The Balaban J connectivity index is 2.21. The summed E-state index contributed by atoms with van der Waals surface area (Å²) in [6, 6.07) is 5.80. The first-order valence-corrected chi connectivity index (χ1v) is 8.10. The molecule has 0 aliphatic heterocycles. The molecule has 0 atom stereocenters. The lowest BCUT2D eigenvalue weighted by Gasteiger charge is -2.04. The van der Waals surface area contributed by atoms with Crippen molar-refractivity contribution in [2.45, 2.75) is 19.8 Å². The Kier molecular flexibility index (Phi) is 6.48. The Bertz CT molecular complexity index is 857. The van der Waals surface area contributed by atoms with Crippen LogP contribution in [0.4, 0.5) is 0 Å². The molecule has 1 heterocycles. The van der Waals surface area contributed by atoms with E-state index in [1.54, 1.807) is 17.6 Å². The van der Waals surface area contributed by atoms with E-state index in [0.29, 0.717) is 0 Å². The molecule has 25 heavy (non-hydrogen) atoms. The van der Waals surface area contributed by atoms with Crippen LogP contribution in [0.15, 0.2) is 60.7 Å². The summed E-state index contributed by atoms with van der Waals surface area (Å²) in [7, 11) is 1.99. The number of carbonyl (C=O) groups excluding carboxylic acids is 1. The first-order chi connectivity index (χ1) is 12.1. The molecule has 0 radical (unpaired) electrons. The minimum atomic E-state index is -0.558. The van der Waals surface area contributed by atoms with Gasteiger partial charge in [0, 0.05) is 19.5 Å². The van der Waals surface area contributed by atoms with Crippen molar-refractivity contribution in [3.8, 4) is 0 Å². The number of hydrogen-bond acceptors (Lipinski definition) is 3. The fourth-order valence-electron chi connectivity index (χ4n) is 2.56. The van der Waals surface area contributed by atoms with Crippen LogP contribution in [0.25, 0.3) is 17.1 Å². The first kappa shape index (κ1) is 18.4. The van der Waals surface area contributed by atoms with E-state index in [2.05, 4.69) is 23.3 Å². The lowest BCUT2D eigenvalue weighted by atomic mass is 10.1. The van der Waals surface area contributed by atoms with Crippen molar-refractivity contribution >= 4 is 23.0 Å². The molecular formula is C20H23N3O2. The predicted molar refractivity (Wildman–Crippen MR) is 101 cm³/mol. The number of carbonyl (C=O) groups is 1. The number of amides is 1. The molecule has 2 aromatic rings. The van der Waals surface area contributed by atoms with Crippen molar-refractivity contribution in [1.82, 2.24) is 15.0 Å². The van der Waals surface area contributed by atoms with Gasteiger partial charge in [-0.25, -0.2) is 10.5 Å². The van der Waals surface area contributed by atoms with Crippen LogP contribution < -0.4 is 5.48 Å². The van der Waals surface area contributed by atoms with Gasteiger partial charge in [-0.1, -0.05) is 42.5 Å². The van der Waals surface area contributed by atoms with Crippen LogP contribution in [0.3, 0.4) is 0 Å². The predicted octanol–water partition coefficient (Wildman–Crippen LogP) is 3.71. The van der Waals surface area contributed by atoms with Gasteiger partial charge in [0.2, 0.25) is 0 Å². The summed E-state index contributed by atoms with van der Waals surface area (Å²) in [5.74, 6) is 0.452. The second kappa shape index (κ2) is 8.80. The summed E-state index contributed by atoms with van der Waals surface area (Å²) in [4.78, 5) is 15.8. The topological polar surface area (TPSA) is 67.2 Å². The van der Waals surface area contributed by atoms with Crippen molar-refractivity contribution in [3.63, 3.8) is 0 Å². The highest BCUT2D eigenvalue weighted by molar-refractivity contribution is 5.91. The third kappa shape index (κ3) is 4.78. The molecule has 0 aliphatic carbocycles. The van der Waals surface area contributed by atoms with Gasteiger partial charge in [-0.05, 0) is 37.1 Å². The monoisotopic (exact) mass is 337 g/mol. The van der Waals surface area contributed by atoms with Gasteiger partial charge in [0.05, 0.1) is 11.0 Å². The SMILES string of the molecule is C=C/C=C\C(=C/C)CCc1nc2ccc(/C=C/C(=O)NO)cc2n1C. The van der Waals surface area contributed by atoms with Crippen molar-refractivity contribution in [2.75, 3.05) is 0 Å². The van der Waals surface area contributed by atoms with Crippen LogP contribution in [0.2, 0.25) is 0 Å². The number of aryl methyl sites for hydroxylation is 2. The zero-order chi connectivity index (χ0) is 18.2. The van der Waals surface area contributed by atoms with Crippen molar-refractivity contribution in [1.29, 1.82) is 0 Å². The van der Waals surface area contributed by atoms with Crippen LogP contribution in [0, 0.1) is 0 Å². The van der Waals surface area contributed by atoms with Crippen LogP contribution in [-0.2, 0) is 18.3 Å². The number of hydrogen-bond donors (Lipinski definition) is 2. The summed E-state index contributed by atoms with van der Waals surface area (Å²) in [5.41, 5.74) is 5.61. The summed E-state index contributed by atoms with van der Waals surface area (Å²) in [6.45, 7) is 5.72. The summed E-state index contributed by atoms with van der Waals surface area (Å²) >= 11 is 0. The molecular weight excluding hydrogens is 314 g/mol. The van der Waals surface area contributed by atoms with Crippen LogP contribution in [-0.4, -0.2) is 20.7 Å². The van der Waals surface area contributed by atoms with Gasteiger partial charge in [-0.15, -0.1) is 0 Å². The minimum Gasteiger partial charge on any atom is -0.331 e. The number of rotatable bonds is 7. The molecule has 2 rings (SSSR count). The molecule has 0 spiro atoms. The molecule has 5 heteroatoms. The van der Waals surface area contributed by atoms with E-state index >= 15 is 0 Å². The van der Waals surface area contributed by atoms with Gasteiger partial charge in [0.1, 0.15) is 5.82 Å². The molecule has 0 saturated carbocycles. The molecule has 2 N–H and O–H groups in total. The zero-order valence-corrected chi connectivity index (χ0v) is 14.6. The number of nitrogens with zero attached hydrogens (tertiary/aromatic N) is 2. The fraction of sp³-hybridized carbons (Fsp3) is 0.200. The van der Waals surface area contributed by atoms with Gasteiger partial charge in [0.25, 0.3) is 5.91 Å². The number of allylic oxidation sites excluding steroid dienone is 5. The first-order valence-electron chi connectivity index (χ1n) is 8.10. The van der Waals surface area contributed by atoms with Crippen molar-refractivity contribution in [3.05, 3.63) is 72.1 Å². The molecule has 130 valence electrons. The van der Waals surface area contributed by atoms with Crippen LogP contribution >= 0.6 is 0 Å². The number of benzene rings is 1.